The molecule has 0 unspecified atom stereocenters. The molecule has 7 nitrogen and oxygen atoms in total. The minimum Gasteiger partial charge on any atom is -0.377 e. The normalized spacial score (nSPS) is 22.6. The van der Waals surface area contributed by atoms with Crippen molar-refractivity contribution in [2.45, 2.75) is 44.7 Å². The first-order valence-electron chi connectivity index (χ1n) is 11.5. The third-order valence-corrected chi connectivity index (χ3v) is 7.99. The number of ether oxygens (including phenoxy) is 1. The minimum absolute atomic E-state index is 0.0000354. The lowest BCUT2D eigenvalue weighted by molar-refractivity contribution is 0.0900. The molecule has 1 aromatic carbocycles. The lowest BCUT2D eigenvalue weighted by Crippen LogP contribution is -2.48. The Balaban J connectivity index is 1.29. The van der Waals surface area contributed by atoms with E-state index in [1.165, 1.54) is 39.9 Å². The van der Waals surface area contributed by atoms with E-state index in [-0.39, 0.29) is 17.5 Å². The van der Waals surface area contributed by atoms with Gasteiger partial charge >= 0.3 is 0 Å². The molecular weight excluding hydrogens is 422 g/mol. The van der Waals surface area contributed by atoms with E-state index in [9.17, 15) is 4.79 Å². The first-order chi connectivity index (χ1) is 15.5. The Morgan fingerprint density at radius 2 is 2.16 bits per heavy atom. The van der Waals surface area contributed by atoms with Crippen molar-refractivity contribution in [3.63, 3.8) is 0 Å². The van der Waals surface area contributed by atoms with E-state index in [1.807, 2.05) is 0 Å². The predicted octanol–water partition coefficient (Wildman–Crippen LogP) is 3.35. The van der Waals surface area contributed by atoms with Gasteiger partial charge in [-0.25, -0.2) is 4.98 Å². The minimum atomic E-state index is -0.252. The Morgan fingerprint density at radius 3 is 2.97 bits per heavy atom. The number of H-pyrrole nitrogens is 1. The van der Waals surface area contributed by atoms with Gasteiger partial charge in [0.25, 0.3) is 5.91 Å². The van der Waals surface area contributed by atoms with Crippen LogP contribution in [-0.4, -0.2) is 60.3 Å². The van der Waals surface area contributed by atoms with E-state index >= 15 is 0 Å². The average Bonchev–Trinajstić information content (AvgIpc) is 3.31. The SMILES string of the molecule is CC1(C)Cc2nc(N3CCOC[C@@H]3Cc3c[nH]c4ccc(N5CCC5)cc34)sc2C(=O)N1. The Kier molecular flexibility index (Phi) is 4.69. The van der Waals surface area contributed by atoms with Gasteiger partial charge in [-0.15, -0.1) is 0 Å². The third kappa shape index (κ3) is 3.46. The maximum absolute atomic E-state index is 12.6. The van der Waals surface area contributed by atoms with Crippen LogP contribution < -0.4 is 15.1 Å². The number of rotatable bonds is 4. The third-order valence-electron chi connectivity index (χ3n) is 6.85. The maximum atomic E-state index is 12.6. The predicted molar refractivity (Wildman–Crippen MR) is 128 cm³/mol. The molecule has 3 aliphatic rings. The van der Waals surface area contributed by atoms with Gasteiger partial charge in [0.05, 0.1) is 24.9 Å². The topological polar surface area (TPSA) is 73.5 Å². The first-order valence-corrected chi connectivity index (χ1v) is 12.3. The summed E-state index contributed by atoms with van der Waals surface area (Å²) < 4.78 is 5.88. The number of hydrogen-bond acceptors (Lipinski definition) is 6. The van der Waals surface area contributed by atoms with Crippen molar-refractivity contribution in [2.75, 3.05) is 42.6 Å². The van der Waals surface area contributed by atoms with Gasteiger partial charge in [-0.1, -0.05) is 11.3 Å². The monoisotopic (exact) mass is 451 g/mol. The second kappa shape index (κ2) is 7.49. The molecule has 2 N–H and O–H groups in total. The first kappa shape index (κ1) is 20.1. The van der Waals surface area contributed by atoms with Crippen LogP contribution in [0.15, 0.2) is 24.4 Å². The number of anilines is 2. The molecule has 3 aromatic rings. The second-order valence-electron chi connectivity index (χ2n) is 9.80. The Bertz CT molecular complexity index is 1180. The highest BCUT2D eigenvalue weighted by Crippen LogP contribution is 2.35. The Labute approximate surface area is 191 Å². The van der Waals surface area contributed by atoms with E-state index in [0.29, 0.717) is 13.2 Å². The van der Waals surface area contributed by atoms with Crippen molar-refractivity contribution >= 4 is 39.0 Å². The molecule has 3 aliphatic heterocycles. The van der Waals surface area contributed by atoms with Crippen LogP contribution in [-0.2, 0) is 17.6 Å². The van der Waals surface area contributed by atoms with Crippen molar-refractivity contribution in [3.05, 3.63) is 40.5 Å². The molecule has 1 atom stereocenters. The van der Waals surface area contributed by atoms with Crippen LogP contribution in [0.5, 0.6) is 0 Å². The molecule has 168 valence electrons. The highest BCUT2D eigenvalue weighted by Gasteiger charge is 2.35. The van der Waals surface area contributed by atoms with Crippen molar-refractivity contribution in [1.82, 2.24) is 15.3 Å². The number of fused-ring (bicyclic) bond motifs is 2. The molecule has 6 rings (SSSR count). The van der Waals surface area contributed by atoms with E-state index in [1.54, 1.807) is 0 Å². The summed E-state index contributed by atoms with van der Waals surface area (Å²) >= 11 is 1.52. The number of nitrogens with one attached hydrogen (secondary N) is 2. The number of thiazole rings is 1. The lowest BCUT2D eigenvalue weighted by atomic mass is 9.94. The summed E-state index contributed by atoms with van der Waals surface area (Å²) in [6.45, 7) is 8.55. The molecule has 2 fully saturated rings. The van der Waals surface area contributed by atoms with Crippen LogP contribution >= 0.6 is 11.3 Å². The zero-order valence-corrected chi connectivity index (χ0v) is 19.4. The summed E-state index contributed by atoms with van der Waals surface area (Å²) in [7, 11) is 0. The van der Waals surface area contributed by atoms with Gasteiger partial charge in [0.15, 0.2) is 5.13 Å². The molecule has 0 bridgehead atoms. The van der Waals surface area contributed by atoms with Gasteiger partial charge < -0.3 is 24.8 Å². The lowest BCUT2D eigenvalue weighted by Gasteiger charge is -2.35. The van der Waals surface area contributed by atoms with Gasteiger partial charge in [0, 0.05) is 54.4 Å². The van der Waals surface area contributed by atoms with Gasteiger partial charge in [-0.3, -0.25) is 4.79 Å². The number of amides is 1. The van der Waals surface area contributed by atoms with Crippen molar-refractivity contribution in [3.8, 4) is 0 Å². The number of nitrogens with zero attached hydrogens (tertiary/aromatic N) is 3. The molecular formula is C24H29N5O2S. The van der Waals surface area contributed by atoms with Gasteiger partial charge in [0.2, 0.25) is 0 Å². The number of carbonyl (C=O) groups is 1. The number of aromatic amines is 1. The highest BCUT2D eigenvalue weighted by molar-refractivity contribution is 7.17. The summed E-state index contributed by atoms with van der Waals surface area (Å²) in [4.78, 5) is 26.5. The fourth-order valence-corrected chi connectivity index (χ4v) is 6.10. The smallest absolute Gasteiger partial charge is 0.263 e. The highest BCUT2D eigenvalue weighted by atomic mass is 32.1. The molecule has 32 heavy (non-hydrogen) atoms. The summed E-state index contributed by atoms with van der Waals surface area (Å²) in [5.74, 6) is -0.0000354. The van der Waals surface area contributed by atoms with Crippen molar-refractivity contribution in [1.29, 1.82) is 0 Å². The molecule has 8 heteroatoms. The average molecular weight is 452 g/mol. The number of aromatic nitrogens is 2. The summed E-state index contributed by atoms with van der Waals surface area (Å²) in [6, 6.07) is 6.92. The summed E-state index contributed by atoms with van der Waals surface area (Å²) in [5.41, 5.74) is 4.47. The number of morpholine rings is 1. The van der Waals surface area contributed by atoms with Gasteiger partial charge in [0.1, 0.15) is 4.88 Å². The molecule has 1 amide bonds. The number of hydrogen-bond donors (Lipinski definition) is 2. The summed E-state index contributed by atoms with van der Waals surface area (Å²) in [6.07, 6.45) is 5.06. The van der Waals surface area contributed by atoms with E-state index in [2.05, 4.69) is 58.3 Å². The molecule has 0 saturated carbocycles. The van der Waals surface area contributed by atoms with E-state index in [4.69, 9.17) is 9.72 Å². The van der Waals surface area contributed by atoms with Crippen LogP contribution in [0.2, 0.25) is 0 Å². The molecule has 5 heterocycles. The Hall–Kier alpha value is -2.58. The van der Waals surface area contributed by atoms with Gasteiger partial charge in [-0.2, -0.15) is 0 Å². The fourth-order valence-electron chi connectivity index (χ4n) is 5.02. The number of benzene rings is 1. The standard InChI is InChI=1S/C24H29N5O2S/c1-24(2)12-20-21(22(30)27-24)32-23(26-20)29-8-9-31-14-17(29)10-15-13-25-19-5-4-16(11-18(15)19)28-6-3-7-28/h4-5,11,13,17,25H,3,6-10,12,14H2,1-2H3,(H,27,30)/t17-/m0/s1. The molecule has 0 aliphatic carbocycles. The molecule has 2 aromatic heterocycles. The van der Waals surface area contributed by atoms with E-state index in [0.717, 1.165) is 48.2 Å². The zero-order valence-electron chi connectivity index (χ0n) is 18.6. The fraction of sp³-hybridized carbons (Fsp3) is 0.500. The molecule has 2 saturated heterocycles. The summed E-state index contributed by atoms with van der Waals surface area (Å²) in [5, 5.41) is 5.33. The Morgan fingerprint density at radius 1 is 1.28 bits per heavy atom. The second-order valence-corrected chi connectivity index (χ2v) is 10.8. The van der Waals surface area contributed by atoms with E-state index < -0.39 is 0 Å². The van der Waals surface area contributed by atoms with Crippen LogP contribution in [0.3, 0.4) is 0 Å². The van der Waals surface area contributed by atoms with Crippen LogP contribution in [0.4, 0.5) is 10.8 Å². The van der Waals surface area contributed by atoms with Crippen LogP contribution in [0, 0.1) is 0 Å². The quantitative estimate of drug-likeness (QED) is 0.637. The largest absolute Gasteiger partial charge is 0.377 e. The van der Waals surface area contributed by atoms with Gasteiger partial charge in [-0.05, 0) is 50.5 Å². The molecule has 0 radical (unpaired) electrons. The number of carbonyl (C=O) groups excluding carboxylic acids is 1. The van der Waals surface area contributed by atoms with Crippen LogP contribution in [0.25, 0.3) is 10.9 Å². The zero-order chi connectivity index (χ0) is 21.9. The molecule has 0 spiro atoms. The van der Waals surface area contributed by atoms with Crippen molar-refractivity contribution in [2.24, 2.45) is 0 Å². The maximum Gasteiger partial charge on any atom is 0.263 e. The van der Waals surface area contributed by atoms with Crippen LogP contribution in [0.1, 0.15) is 41.2 Å². The van der Waals surface area contributed by atoms with Crippen molar-refractivity contribution < 1.29 is 9.53 Å².